The van der Waals surface area contributed by atoms with Gasteiger partial charge in [-0.25, -0.2) is 0 Å². The van der Waals surface area contributed by atoms with Crippen LogP contribution in [0.4, 0.5) is 5.69 Å². The van der Waals surface area contributed by atoms with Gasteiger partial charge in [0.05, 0.1) is 26.2 Å². The van der Waals surface area contributed by atoms with Crippen molar-refractivity contribution in [1.82, 2.24) is 0 Å². The number of amides is 1. The van der Waals surface area contributed by atoms with Crippen LogP contribution in [0.15, 0.2) is 18.2 Å². The maximum atomic E-state index is 10.9. The third kappa shape index (κ3) is 3.01. The number of carbonyl (C=O) groups excluding carboxylic acids is 1. The van der Waals surface area contributed by atoms with Crippen LogP contribution in [0, 0.1) is 13.8 Å². The van der Waals surface area contributed by atoms with Crippen LogP contribution in [-0.2, 0) is 4.79 Å². The van der Waals surface area contributed by atoms with E-state index in [1.807, 2.05) is 0 Å². The third-order valence-corrected chi connectivity index (χ3v) is 3.60. The van der Waals surface area contributed by atoms with Gasteiger partial charge in [-0.05, 0) is 31.0 Å². The maximum absolute atomic E-state index is 10.9. The molecule has 1 aromatic carbocycles. The van der Waals surface area contributed by atoms with E-state index >= 15 is 0 Å². The van der Waals surface area contributed by atoms with E-state index in [1.54, 1.807) is 0 Å². The number of aryl methyl sites for hydroxylation is 2. The third-order valence-electron chi connectivity index (χ3n) is 3.60. The molecule has 0 atom stereocenters. The second-order valence-electron chi connectivity index (χ2n) is 5.17. The van der Waals surface area contributed by atoms with Crippen LogP contribution in [0.5, 0.6) is 0 Å². The van der Waals surface area contributed by atoms with Gasteiger partial charge in [0.25, 0.3) is 5.91 Å². The molecule has 1 aliphatic rings. The molecule has 0 bridgehead atoms. The molecule has 3 N–H and O–H groups in total. The van der Waals surface area contributed by atoms with Crippen LogP contribution >= 0.6 is 0 Å². The van der Waals surface area contributed by atoms with E-state index in [0.29, 0.717) is 6.54 Å². The molecule has 1 aliphatic heterocycles. The fraction of sp³-hybridized carbons (Fsp3) is 0.500. The standard InChI is InChI=1S/C14H21N3O/c1-11-3-4-12(2)13(9-11)17-7-5-16(6-8-17)10-14(15)18/h3-4,9H,5-8,10H2,1-2H3,(H2,15,18)/p+1. The smallest absolute Gasteiger partial charge is 0.272 e. The van der Waals surface area contributed by atoms with Gasteiger partial charge in [0, 0.05) is 5.69 Å². The summed E-state index contributed by atoms with van der Waals surface area (Å²) in [5.74, 6) is -0.204. The number of hydrogen-bond donors (Lipinski definition) is 2. The minimum Gasteiger partial charge on any atom is -0.365 e. The van der Waals surface area contributed by atoms with Crippen molar-refractivity contribution in [2.75, 3.05) is 37.6 Å². The van der Waals surface area contributed by atoms with Gasteiger partial charge < -0.3 is 15.5 Å². The van der Waals surface area contributed by atoms with Crippen molar-refractivity contribution in [2.24, 2.45) is 5.73 Å². The molecule has 1 amide bonds. The molecule has 18 heavy (non-hydrogen) atoms. The number of hydrogen-bond acceptors (Lipinski definition) is 2. The molecule has 0 spiro atoms. The number of benzene rings is 1. The zero-order valence-electron chi connectivity index (χ0n) is 11.2. The van der Waals surface area contributed by atoms with E-state index in [-0.39, 0.29) is 5.91 Å². The summed E-state index contributed by atoms with van der Waals surface area (Å²) in [5, 5.41) is 0. The van der Waals surface area contributed by atoms with Crippen molar-refractivity contribution in [3.63, 3.8) is 0 Å². The summed E-state index contributed by atoms with van der Waals surface area (Å²) in [5.41, 5.74) is 9.18. The van der Waals surface area contributed by atoms with Gasteiger partial charge in [-0.1, -0.05) is 12.1 Å². The first-order valence-electron chi connectivity index (χ1n) is 6.50. The Kier molecular flexibility index (Phi) is 3.87. The molecule has 0 unspecified atom stereocenters. The first kappa shape index (κ1) is 12.9. The number of quaternary nitrogens is 1. The number of primary amides is 1. The summed E-state index contributed by atoms with van der Waals surface area (Å²) in [6, 6.07) is 6.56. The molecular formula is C14H22N3O+. The highest BCUT2D eigenvalue weighted by atomic mass is 16.1. The van der Waals surface area contributed by atoms with Crippen LogP contribution in [-0.4, -0.2) is 38.6 Å². The highest BCUT2D eigenvalue weighted by Crippen LogP contribution is 2.21. The molecule has 0 saturated carbocycles. The Morgan fingerprint density at radius 1 is 1.33 bits per heavy atom. The first-order valence-corrected chi connectivity index (χ1v) is 6.50. The Bertz CT molecular complexity index is 437. The fourth-order valence-corrected chi connectivity index (χ4v) is 2.55. The highest BCUT2D eigenvalue weighted by Gasteiger charge is 2.22. The molecule has 4 nitrogen and oxygen atoms in total. The molecule has 0 aromatic heterocycles. The van der Waals surface area contributed by atoms with Crippen molar-refractivity contribution < 1.29 is 9.69 Å². The van der Waals surface area contributed by atoms with Gasteiger partial charge >= 0.3 is 0 Å². The monoisotopic (exact) mass is 248 g/mol. The number of nitrogens with one attached hydrogen (secondary N) is 1. The average Bonchev–Trinajstić information content (AvgIpc) is 2.33. The lowest BCUT2D eigenvalue weighted by Crippen LogP contribution is -3.15. The molecule has 98 valence electrons. The zero-order valence-corrected chi connectivity index (χ0v) is 11.2. The number of nitrogens with zero attached hydrogens (tertiary/aromatic N) is 1. The van der Waals surface area contributed by atoms with Gasteiger partial charge in [0.15, 0.2) is 6.54 Å². The average molecular weight is 248 g/mol. The normalized spacial score (nSPS) is 16.9. The SMILES string of the molecule is Cc1ccc(C)c(N2CC[NH+](CC(N)=O)CC2)c1. The van der Waals surface area contributed by atoms with Crippen molar-refractivity contribution in [3.8, 4) is 0 Å². The van der Waals surface area contributed by atoms with Crippen LogP contribution in [0.1, 0.15) is 11.1 Å². The van der Waals surface area contributed by atoms with Gasteiger partial charge in [-0.15, -0.1) is 0 Å². The number of anilines is 1. The molecule has 1 saturated heterocycles. The number of nitrogens with two attached hydrogens (primary N) is 1. The van der Waals surface area contributed by atoms with E-state index in [4.69, 9.17) is 5.73 Å². The lowest BCUT2D eigenvalue weighted by atomic mass is 10.1. The number of piperazine rings is 1. The predicted molar refractivity (Wildman–Crippen MR) is 72.9 cm³/mol. The van der Waals surface area contributed by atoms with Gasteiger partial charge in [0.2, 0.25) is 0 Å². The van der Waals surface area contributed by atoms with E-state index < -0.39 is 0 Å². The molecular weight excluding hydrogens is 226 g/mol. The quantitative estimate of drug-likeness (QED) is 0.757. The van der Waals surface area contributed by atoms with Crippen molar-refractivity contribution in [3.05, 3.63) is 29.3 Å². The van der Waals surface area contributed by atoms with E-state index in [2.05, 4.69) is 36.9 Å². The summed E-state index contributed by atoms with van der Waals surface area (Å²) in [4.78, 5) is 14.6. The lowest BCUT2D eigenvalue weighted by molar-refractivity contribution is -0.892. The van der Waals surface area contributed by atoms with Crippen molar-refractivity contribution in [2.45, 2.75) is 13.8 Å². The second kappa shape index (κ2) is 5.40. The van der Waals surface area contributed by atoms with Crippen molar-refractivity contribution >= 4 is 11.6 Å². The minimum atomic E-state index is -0.204. The first-order chi connectivity index (χ1) is 8.56. The lowest BCUT2D eigenvalue weighted by Gasteiger charge is -2.34. The minimum absolute atomic E-state index is 0.204. The van der Waals surface area contributed by atoms with E-state index in [0.717, 1.165) is 26.2 Å². The number of carbonyl (C=O) groups is 1. The Balaban J connectivity index is 2.01. The van der Waals surface area contributed by atoms with Crippen LogP contribution in [0.3, 0.4) is 0 Å². The molecule has 4 heteroatoms. The summed E-state index contributed by atoms with van der Waals surface area (Å²) < 4.78 is 0. The molecule has 1 aromatic rings. The zero-order chi connectivity index (χ0) is 13.1. The molecule has 2 rings (SSSR count). The Morgan fingerprint density at radius 2 is 2.00 bits per heavy atom. The predicted octanol–water partition coefficient (Wildman–Crippen LogP) is -0.506. The number of rotatable bonds is 3. The molecule has 1 fully saturated rings. The van der Waals surface area contributed by atoms with Crippen molar-refractivity contribution in [1.29, 1.82) is 0 Å². The summed E-state index contributed by atoms with van der Waals surface area (Å²) in [6.45, 7) is 8.68. The fourth-order valence-electron chi connectivity index (χ4n) is 2.55. The summed E-state index contributed by atoms with van der Waals surface area (Å²) >= 11 is 0. The summed E-state index contributed by atoms with van der Waals surface area (Å²) in [7, 11) is 0. The van der Waals surface area contributed by atoms with E-state index in [1.165, 1.54) is 21.7 Å². The van der Waals surface area contributed by atoms with Gasteiger partial charge in [-0.2, -0.15) is 0 Å². The molecule has 0 aliphatic carbocycles. The highest BCUT2D eigenvalue weighted by molar-refractivity contribution is 5.74. The largest absolute Gasteiger partial charge is 0.365 e. The van der Waals surface area contributed by atoms with Crippen LogP contribution in [0.25, 0.3) is 0 Å². The summed E-state index contributed by atoms with van der Waals surface area (Å²) in [6.07, 6.45) is 0. The Labute approximate surface area is 108 Å². The van der Waals surface area contributed by atoms with Gasteiger partial charge in [-0.3, -0.25) is 4.79 Å². The maximum Gasteiger partial charge on any atom is 0.272 e. The second-order valence-corrected chi connectivity index (χ2v) is 5.17. The molecule has 0 radical (unpaired) electrons. The Morgan fingerprint density at radius 3 is 2.61 bits per heavy atom. The van der Waals surface area contributed by atoms with E-state index in [9.17, 15) is 4.79 Å². The topological polar surface area (TPSA) is 50.8 Å². The van der Waals surface area contributed by atoms with Crippen LogP contribution < -0.4 is 15.5 Å². The van der Waals surface area contributed by atoms with Crippen LogP contribution in [0.2, 0.25) is 0 Å². The molecule has 1 heterocycles. The van der Waals surface area contributed by atoms with Gasteiger partial charge in [0.1, 0.15) is 0 Å². The Hall–Kier alpha value is -1.55.